The summed E-state index contributed by atoms with van der Waals surface area (Å²) in [7, 11) is 1.62. The van der Waals surface area contributed by atoms with E-state index in [-0.39, 0.29) is 12.5 Å². The van der Waals surface area contributed by atoms with Gasteiger partial charge in [-0.2, -0.15) is 5.26 Å². The van der Waals surface area contributed by atoms with Crippen molar-refractivity contribution in [2.24, 2.45) is 0 Å². The molecule has 96 valence electrons. The number of nitrogens with one attached hydrogen (secondary N) is 1. The molecule has 0 atom stereocenters. The number of nitriles is 1. The summed E-state index contributed by atoms with van der Waals surface area (Å²) in [6.45, 7) is 5.04. The summed E-state index contributed by atoms with van der Waals surface area (Å²) in [5, 5.41) is 11.8. The van der Waals surface area contributed by atoms with Crippen LogP contribution in [0.25, 0.3) is 0 Å². The van der Waals surface area contributed by atoms with E-state index in [1.807, 2.05) is 30.0 Å². The highest BCUT2D eigenvalue weighted by Crippen LogP contribution is 2.21. The van der Waals surface area contributed by atoms with Gasteiger partial charge in [0.25, 0.3) is 0 Å². The summed E-state index contributed by atoms with van der Waals surface area (Å²) in [5.41, 5.74) is 2.49. The summed E-state index contributed by atoms with van der Waals surface area (Å²) in [5.74, 6) is -0.0482. The normalized spacial score (nSPS) is 9.67. The van der Waals surface area contributed by atoms with Crippen molar-refractivity contribution in [1.82, 2.24) is 5.32 Å². The van der Waals surface area contributed by atoms with E-state index >= 15 is 0 Å². The van der Waals surface area contributed by atoms with Gasteiger partial charge in [0.15, 0.2) is 0 Å². The average Bonchev–Trinajstić information content (AvgIpc) is 2.37. The SMILES string of the molecule is CCCN(CC(=O)NC)c1ccc(C)cc1C#N. The molecular formula is C14H19N3O. The van der Waals surface area contributed by atoms with Crippen LogP contribution in [0.3, 0.4) is 0 Å². The van der Waals surface area contributed by atoms with Crippen LogP contribution in [-0.4, -0.2) is 26.0 Å². The molecular weight excluding hydrogens is 226 g/mol. The number of carbonyl (C=O) groups excluding carboxylic acids is 1. The first-order valence-corrected chi connectivity index (χ1v) is 6.08. The van der Waals surface area contributed by atoms with E-state index < -0.39 is 0 Å². The lowest BCUT2D eigenvalue weighted by atomic mass is 10.1. The van der Waals surface area contributed by atoms with Crippen molar-refractivity contribution in [3.8, 4) is 6.07 Å². The molecule has 0 bridgehead atoms. The third-order valence-corrected chi connectivity index (χ3v) is 2.72. The molecule has 0 spiro atoms. The molecule has 0 aliphatic rings. The number of aryl methyl sites for hydroxylation is 1. The number of amides is 1. The Hall–Kier alpha value is -2.02. The van der Waals surface area contributed by atoms with E-state index in [4.69, 9.17) is 0 Å². The predicted molar refractivity (Wildman–Crippen MR) is 72.5 cm³/mol. The fraction of sp³-hybridized carbons (Fsp3) is 0.429. The first-order chi connectivity index (χ1) is 8.62. The molecule has 0 aliphatic heterocycles. The molecule has 1 amide bonds. The van der Waals surface area contributed by atoms with Gasteiger partial charge >= 0.3 is 0 Å². The van der Waals surface area contributed by atoms with Crippen LogP contribution in [0.5, 0.6) is 0 Å². The van der Waals surface area contributed by atoms with Crippen LogP contribution in [0.2, 0.25) is 0 Å². The number of nitrogens with zero attached hydrogens (tertiary/aromatic N) is 2. The lowest BCUT2D eigenvalue weighted by molar-refractivity contribution is -0.119. The first kappa shape index (κ1) is 14.0. The zero-order valence-electron chi connectivity index (χ0n) is 11.2. The van der Waals surface area contributed by atoms with Crippen molar-refractivity contribution in [2.75, 3.05) is 25.0 Å². The molecule has 0 radical (unpaired) electrons. The fourth-order valence-corrected chi connectivity index (χ4v) is 1.82. The molecule has 1 aromatic carbocycles. The van der Waals surface area contributed by atoms with Gasteiger partial charge in [-0.15, -0.1) is 0 Å². The third-order valence-electron chi connectivity index (χ3n) is 2.72. The summed E-state index contributed by atoms with van der Waals surface area (Å²) < 4.78 is 0. The molecule has 1 N–H and O–H groups in total. The maximum atomic E-state index is 11.5. The van der Waals surface area contributed by atoms with Crippen molar-refractivity contribution in [3.63, 3.8) is 0 Å². The van der Waals surface area contributed by atoms with Gasteiger partial charge < -0.3 is 10.2 Å². The number of anilines is 1. The van der Waals surface area contributed by atoms with Crippen molar-refractivity contribution in [1.29, 1.82) is 5.26 Å². The van der Waals surface area contributed by atoms with E-state index in [1.165, 1.54) is 0 Å². The first-order valence-electron chi connectivity index (χ1n) is 6.08. The molecule has 0 heterocycles. The predicted octanol–water partition coefficient (Wildman–Crippen LogP) is 1.83. The molecule has 1 rings (SSSR count). The number of hydrogen-bond donors (Lipinski definition) is 1. The van der Waals surface area contributed by atoms with Crippen LogP contribution in [0.15, 0.2) is 18.2 Å². The maximum absolute atomic E-state index is 11.5. The quantitative estimate of drug-likeness (QED) is 0.861. The minimum Gasteiger partial charge on any atom is -0.361 e. The largest absolute Gasteiger partial charge is 0.361 e. The molecule has 0 fully saturated rings. The van der Waals surface area contributed by atoms with Crippen molar-refractivity contribution < 1.29 is 4.79 Å². The number of carbonyl (C=O) groups is 1. The van der Waals surface area contributed by atoms with Gasteiger partial charge in [-0.25, -0.2) is 0 Å². The second-order valence-corrected chi connectivity index (χ2v) is 4.23. The molecule has 18 heavy (non-hydrogen) atoms. The van der Waals surface area contributed by atoms with Crippen LogP contribution in [-0.2, 0) is 4.79 Å². The van der Waals surface area contributed by atoms with Gasteiger partial charge in [0.1, 0.15) is 6.07 Å². The van der Waals surface area contributed by atoms with E-state index in [1.54, 1.807) is 7.05 Å². The number of rotatable bonds is 5. The van der Waals surface area contributed by atoms with E-state index in [9.17, 15) is 10.1 Å². The van der Waals surface area contributed by atoms with Crippen LogP contribution >= 0.6 is 0 Å². The number of likely N-dealkylation sites (N-methyl/N-ethyl adjacent to an activating group) is 1. The standard InChI is InChI=1S/C14H19N3O/c1-4-7-17(10-14(18)16-3)13-6-5-11(2)8-12(13)9-15/h5-6,8H,4,7,10H2,1-3H3,(H,16,18). The summed E-state index contributed by atoms with van der Waals surface area (Å²) in [6, 6.07) is 7.91. The monoisotopic (exact) mass is 245 g/mol. The zero-order chi connectivity index (χ0) is 13.5. The molecule has 0 saturated carbocycles. The topological polar surface area (TPSA) is 56.1 Å². The van der Waals surface area contributed by atoms with Crippen LogP contribution < -0.4 is 10.2 Å². The highest BCUT2D eigenvalue weighted by molar-refractivity contribution is 5.81. The van der Waals surface area contributed by atoms with E-state index in [2.05, 4.69) is 18.3 Å². The summed E-state index contributed by atoms with van der Waals surface area (Å²) >= 11 is 0. The van der Waals surface area contributed by atoms with Gasteiger partial charge in [0, 0.05) is 13.6 Å². The van der Waals surface area contributed by atoms with Gasteiger partial charge in [0.05, 0.1) is 17.8 Å². The average molecular weight is 245 g/mol. The zero-order valence-corrected chi connectivity index (χ0v) is 11.2. The Kier molecular flexibility index (Phi) is 5.19. The summed E-state index contributed by atoms with van der Waals surface area (Å²) in [6.07, 6.45) is 0.926. The smallest absolute Gasteiger partial charge is 0.239 e. The molecule has 4 heteroatoms. The van der Waals surface area contributed by atoms with Gasteiger partial charge in [-0.1, -0.05) is 13.0 Å². The Balaban J connectivity index is 3.05. The maximum Gasteiger partial charge on any atom is 0.239 e. The Morgan fingerprint density at radius 2 is 2.22 bits per heavy atom. The Bertz CT molecular complexity index is 463. The minimum atomic E-state index is -0.0482. The molecule has 1 aromatic rings. The van der Waals surface area contributed by atoms with Gasteiger partial charge in [-0.05, 0) is 31.0 Å². The molecule has 4 nitrogen and oxygen atoms in total. The summed E-state index contributed by atoms with van der Waals surface area (Å²) in [4.78, 5) is 13.4. The van der Waals surface area contributed by atoms with Crippen LogP contribution in [0.1, 0.15) is 24.5 Å². The Morgan fingerprint density at radius 1 is 1.50 bits per heavy atom. The minimum absolute atomic E-state index is 0.0482. The Morgan fingerprint density at radius 3 is 2.78 bits per heavy atom. The molecule has 0 aliphatic carbocycles. The third kappa shape index (κ3) is 3.49. The highest BCUT2D eigenvalue weighted by atomic mass is 16.1. The van der Waals surface area contributed by atoms with Crippen molar-refractivity contribution in [3.05, 3.63) is 29.3 Å². The van der Waals surface area contributed by atoms with Crippen molar-refractivity contribution >= 4 is 11.6 Å². The molecule has 0 aromatic heterocycles. The second kappa shape index (κ2) is 6.65. The lowest BCUT2D eigenvalue weighted by Crippen LogP contribution is -2.36. The molecule has 0 unspecified atom stereocenters. The van der Waals surface area contributed by atoms with Gasteiger partial charge in [-0.3, -0.25) is 4.79 Å². The fourth-order valence-electron chi connectivity index (χ4n) is 1.82. The highest BCUT2D eigenvalue weighted by Gasteiger charge is 2.13. The van der Waals surface area contributed by atoms with Gasteiger partial charge in [0.2, 0.25) is 5.91 Å². The van der Waals surface area contributed by atoms with E-state index in [0.29, 0.717) is 5.56 Å². The van der Waals surface area contributed by atoms with E-state index in [0.717, 1.165) is 24.2 Å². The number of hydrogen-bond acceptors (Lipinski definition) is 3. The number of benzene rings is 1. The lowest BCUT2D eigenvalue weighted by Gasteiger charge is -2.24. The van der Waals surface area contributed by atoms with Crippen LogP contribution in [0.4, 0.5) is 5.69 Å². The second-order valence-electron chi connectivity index (χ2n) is 4.23. The van der Waals surface area contributed by atoms with Crippen molar-refractivity contribution in [2.45, 2.75) is 20.3 Å². The van der Waals surface area contributed by atoms with Crippen LogP contribution in [0, 0.1) is 18.3 Å². The molecule has 0 saturated heterocycles. The Labute approximate surface area is 108 Å².